The van der Waals surface area contributed by atoms with Gasteiger partial charge in [-0.15, -0.1) is 0 Å². The zero-order valence-corrected chi connectivity index (χ0v) is 14.1. The Balaban J connectivity index is 1.81. The molecule has 124 valence electrons. The lowest BCUT2D eigenvalue weighted by molar-refractivity contribution is -0.0468. The van der Waals surface area contributed by atoms with Crippen LogP contribution in [0.15, 0.2) is 24.8 Å². The molecule has 7 nitrogen and oxygen atoms in total. The summed E-state index contributed by atoms with van der Waals surface area (Å²) in [6.45, 7) is 8.12. The molecule has 1 aliphatic rings. The first-order valence-electron chi connectivity index (χ1n) is 7.83. The number of nitrogens with zero attached hydrogens (tertiary/aromatic N) is 5. The number of aryl methyl sites for hydroxylation is 1. The molecule has 1 saturated heterocycles. The van der Waals surface area contributed by atoms with Crippen LogP contribution in [0, 0.1) is 0 Å². The molecule has 23 heavy (non-hydrogen) atoms. The van der Waals surface area contributed by atoms with Gasteiger partial charge in [-0.1, -0.05) is 0 Å². The SMILES string of the molecule is CC(C)Oc1cncc(N2CCO[C@@](C)(c3cnn(C)c3)C2)n1. The number of hydrogen-bond acceptors (Lipinski definition) is 6. The fourth-order valence-corrected chi connectivity index (χ4v) is 2.72. The molecule has 1 fully saturated rings. The number of morpholine rings is 1. The van der Waals surface area contributed by atoms with Gasteiger partial charge in [0.1, 0.15) is 5.60 Å². The van der Waals surface area contributed by atoms with E-state index >= 15 is 0 Å². The van der Waals surface area contributed by atoms with Crippen LogP contribution >= 0.6 is 0 Å². The van der Waals surface area contributed by atoms with Crippen LogP contribution in [0.5, 0.6) is 5.88 Å². The maximum atomic E-state index is 6.04. The largest absolute Gasteiger partial charge is 0.474 e. The van der Waals surface area contributed by atoms with Gasteiger partial charge in [-0.2, -0.15) is 10.1 Å². The van der Waals surface area contributed by atoms with Gasteiger partial charge < -0.3 is 14.4 Å². The van der Waals surface area contributed by atoms with E-state index in [9.17, 15) is 0 Å². The molecule has 0 aliphatic carbocycles. The zero-order valence-electron chi connectivity index (χ0n) is 14.1. The molecule has 0 bridgehead atoms. The Morgan fingerprint density at radius 3 is 2.83 bits per heavy atom. The molecule has 0 unspecified atom stereocenters. The van der Waals surface area contributed by atoms with Crippen LogP contribution in [-0.4, -0.2) is 45.5 Å². The van der Waals surface area contributed by atoms with Gasteiger partial charge in [0, 0.05) is 25.4 Å². The Hall–Kier alpha value is -2.15. The molecular weight excluding hydrogens is 294 g/mol. The lowest BCUT2D eigenvalue weighted by atomic mass is 9.97. The molecule has 1 atom stereocenters. The van der Waals surface area contributed by atoms with Crippen molar-refractivity contribution in [2.75, 3.05) is 24.6 Å². The monoisotopic (exact) mass is 317 g/mol. The van der Waals surface area contributed by atoms with E-state index in [0.717, 1.165) is 17.9 Å². The summed E-state index contributed by atoms with van der Waals surface area (Å²) in [5.41, 5.74) is 0.649. The second-order valence-electron chi connectivity index (χ2n) is 6.29. The molecule has 0 N–H and O–H groups in total. The van der Waals surface area contributed by atoms with Crippen LogP contribution in [0.3, 0.4) is 0 Å². The van der Waals surface area contributed by atoms with Gasteiger partial charge in [0.25, 0.3) is 0 Å². The molecule has 0 radical (unpaired) electrons. The smallest absolute Gasteiger partial charge is 0.234 e. The molecule has 1 aliphatic heterocycles. The van der Waals surface area contributed by atoms with Crippen molar-refractivity contribution in [2.45, 2.75) is 32.5 Å². The fraction of sp³-hybridized carbons (Fsp3) is 0.562. The number of aromatic nitrogens is 4. The van der Waals surface area contributed by atoms with Crippen molar-refractivity contribution < 1.29 is 9.47 Å². The van der Waals surface area contributed by atoms with Gasteiger partial charge in [0.05, 0.1) is 37.8 Å². The van der Waals surface area contributed by atoms with Gasteiger partial charge in [-0.3, -0.25) is 9.67 Å². The topological polar surface area (TPSA) is 65.3 Å². The van der Waals surface area contributed by atoms with Crippen molar-refractivity contribution in [2.24, 2.45) is 7.05 Å². The summed E-state index contributed by atoms with van der Waals surface area (Å²) < 4.78 is 13.5. The van der Waals surface area contributed by atoms with Crippen LogP contribution in [0.25, 0.3) is 0 Å². The van der Waals surface area contributed by atoms with E-state index in [0.29, 0.717) is 19.0 Å². The van der Waals surface area contributed by atoms with Gasteiger partial charge in [0.2, 0.25) is 5.88 Å². The Bertz CT molecular complexity index is 672. The van der Waals surface area contributed by atoms with Gasteiger partial charge >= 0.3 is 0 Å². The van der Waals surface area contributed by atoms with Crippen LogP contribution in [-0.2, 0) is 17.4 Å². The molecule has 0 spiro atoms. The van der Waals surface area contributed by atoms with Crippen molar-refractivity contribution in [3.63, 3.8) is 0 Å². The summed E-state index contributed by atoms with van der Waals surface area (Å²) in [6, 6.07) is 0. The van der Waals surface area contributed by atoms with E-state index < -0.39 is 5.60 Å². The Morgan fingerprint density at radius 2 is 2.13 bits per heavy atom. The lowest BCUT2D eigenvalue weighted by Crippen LogP contribution is -2.48. The highest BCUT2D eigenvalue weighted by molar-refractivity contribution is 5.40. The highest BCUT2D eigenvalue weighted by Gasteiger charge is 2.35. The van der Waals surface area contributed by atoms with Crippen molar-refractivity contribution in [3.05, 3.63) is 30.4 Å². The molecule has 2 aromatic rings. The van der Waals surface area contributed by atoms with E-state index in [4.69, 9.17) is 9.47 Å². The second kappa shape index (κ2) is 6.16. The Morgan fingerprint density at radius 1 is 1.30 bits per heavy atom. The average Bonchev–Trinajstić information content (AvgIpc) is 2.94. The van der Waals surface area contributed by atoms with Crippen molar-refractivity contribution in [1.29, 1.82) is 0 Å². The normalized spacial score (nSPS) is 21.7. The highest BCUT2D eigenvalue weighted by Crippen LogP contribution is 2.31. The maximum Gasteiger partial charge on any atom is 0.234 e. The standard InChI is InChI=1S/C16H23N5O2/c1-12(2)23-15-9-17-8-14(19-15)21-5-6-22-16(3,11-21)13-7-18-20(4)10-13/h7-10,12H,5-6,11H2,1-4H3/t16-/m1/s1. The minimum Gasteiger partial charge on any atom is -0.474 e. The second-order valence-corrected chi connectivity index (χ2v) is 6.29. The number of ether oxygens (including phenoxy) is 2. The summed E-state index contributed by atoms with van der Waals surface area (Å²) in [5, 5.41) is 4.25. The quantitative estimate of drug-likeness (QED) is 0.856. The van der Waals surface area contributed by atoms with E-state index in [-0.39, 0.29) is 6.10 Å². The molecule has 7 heteroatoms. The summed E-state index contributed by atoms with van der Waals surface area (Å²) in [6.07, 6.45) is 7.33. The maximum absolute atomic E-state index is 6.04. The molecule has 0 amide bonds. The molecular formula is C16H23N5O2. The zero-order chi connectivity index (χ0) is 16.4. The molecule has 0 saturated carbocycles. The van der Waals surface area contributed by atoms with E-state index in [2.05, 4.69) is 26.9 Å². The molecule has 3 rings (SSSR count). The van der Waals surface area contributed by atoms with Crippen molar-refractivity contribution in [1.82, 2.24) is 19.7 Å². The molecule has 2 aromatic heterocycles. The van der Waals surface area contributed by atoms with Crippen molar-refractivity contribution in [3.8, 4) is 5.88 Å². The third-order valence-electron chi connectivity index (χ3n) is 3.87. The highest BCUT2D eigenvalue weighted by atomic mass is 16.5. The van der Waals surface area contributed by atoms with E-state index in [1.165, 1.54) is 0 Å². The number of anilines is 1. The van der Waals surface area contributed by atoms with Crippen LogP contribution < -0.4 is 9.64 Å². The fourth-order valence-electron chi connectivity index (χ4n) is 2.72. The first-order valence-corrected chi connectivity index (χ1v) is 7.83. The van der Waals surface area contributed by atoms with Crippen molar-refractivity contribution >= 4 is 5.82 Å². The average molecular weight is 317 g/mol. The predicted molar refractivity (Wildman–Crippen MR) is 86.5 cm³/mol. The van der Waals surface area contributed by atoms with Crippen LogP contribution in [0.2, 0.25) is 0 Å². The Labute approximate surface area is 136 Å². The first-order chi connectivity index (χ1) is 11.0. The summed E-state index contributed by atoms with van der Waals surface area (Å²) in [4.78, 5) is 11.0. The predicted octanol–water partition coefficient (Wildman–Crippen LogP) is 1.75. The summed E-state index contributed by atoms with van der Waals surface area (Å²) in [5.74, 6) is 1.36. The minimum absolute atomic E-state index is 0.0740. The van der Waals surface area contributed by atoms with Gasteiger partial charge in [0.15, 0.2) is 5.82 Å². The molecule has 3 heterocycles. The number of rotatable bonds is 4. The van der Waals surface area contributed by atoms with Gasteiger partial charge in [-0.25, -0.2) is 0 Å². The summed E-state index contributed by atoms with van der Waals surface area (Å²) in [7, 11) is 1.91. The van der Waals surface area contributed by atoms with E-state index in [1.807, 2.05) is 33.3 Å². The molecule has 0 aromatic carbocycles. The van der Waals surface area contributed by atoms with Crippen LogP contribution in [0.1, 0.15) is 26.3 Å². The Kier molecular flexibility index (Phi) is 4.21. The lowest BCUT2D eigenvalue weighted by Gasteiger charge is -2.40. The summed E-state index contributed by atoms with van der Waals surface area (Å²) >= 11 is 0. The third kappa shape index (κ3) is 3.44. The minimum atomic E-state index is -0.414. The number of hydrogen-bond donors (Lipinski definition) is 0. The van der Waals surface area contributed by atoms with E-state index in [1.54, 1.807) is 17.1 Å². The third-order valence-corrected chi connectivity index (χ3v) is 3.87. The van der Waals surface area contributed by atoms with Crippen LogP contribution in [0.4, 0.5) is 5.82 Å². The van der Waals surface area contributed by atoms with Gasteiger partial charge in [-0.05, 0) is 20.8 Å². The first kappa shape index (κ1) is 15.7.